The van der Waals surface area contributed by atoms with Crippen molar-refractivity contribution in [2.24, 2.45) is 0 Å². The summed E-state index contributed by atoms with van der Waals surface area (Å²) in [5.41, 5.74) is 7.97. The zero-order chi connectivity index (χ0) is 11.3. The number of benzene rings is 1. The summed E-state index contributed by atoms with van der Waals surface area (Å²) >= 11 is 0. The van der Waals surface area contributed by atoms with Gasteiger partial charge in [0.15, 0.2) is 0 Å². The molecule has 0 amide bonds. The Hall–Kier alpha value is -1.18. The molecule has 2 nitrogen and oxygen atoms in total. The number of nitrogen functional groups attached to an aromatic ring is 1. The van der Waals surface area contributed by atoms with Gasteiger partial charge in [-0.25, -0.2) is 0 Å². The Morgan fingerprint density at radius 3 is 2.60 bits per heavy atom. The molecule has 0 saturated carbocycles. The maximum Gasteiger partial charge on any atom is 0.142 e. The Balaban J connectivity index is 2.78. The van der Waals surface area contributed by atoms with E-state index in [0.29, 0.717) is 5.92 Å². The van der Waals surface area contributed by atoms with Crippen LogP contribution in [-0.2, 0) is 0 Å². The Labute approximate surface area is 92.4 Å². The number of ether oxygens (including phenoxy) is 1. The largest absolute Gasteiger partial charge is 0.491 e. The summed E-state index contributed by atoms with van der Waals surface area (Å²) in [5, 5.41) is 0. The fraction of sp³-hybridized carbons (Fsp3) is 0.538. The molecule has 15 heavy (non-hydrogen) atoms. The van der Waals surface area contributed by atoms with E-state index in [0.717, 1.165) is 30.9 Å². The van der Waals surface area contributed by atoms with Crippen LogP contribution in [0, 0.1) is 0 Å². The number of anilines is 1. The third-order valence-electron chi connectivity index (χ3n) is 2.68. The maximum absolute atomic E-state index is 5.93. The fourth-order valence-corrected chi connectivity index (χ4v) is 1.45. The van der Waals surface area contributed by atoms with Gasteiger partial charge in [-0.2, -0.15) is 0 Å². The summed E-state index contributed by atoms with van der Waals surface area (Å²) in [4.78, 5) is 0. The lowest BCUT2D eigenvalue weighted by atomic mass is 9.98. The second-order valence-corrected chi connectivity index (χ2v) is 3.96. The van der Waals surface area contributed by atoms with Gasteiger partial charge in [0.25, 0.3) is 0 Å². The standard InChI is InChI=1S/C13H21NO/c1-4-8-15-13-7-6-11(9-12(13)14)10(3)5-2/h6-7,9-10H,4-5,8,14H2,1-3H3. The van der Waals surface area contributed by atoms with E-state index in [1.807, 2.05) is 12.1 Å². The van der Waals surface area contributed by atoms with Gasteiger partial charge in [0.1, 0.15) is 5.75 Å². The first-order valence-corrected chi connectivity index (χ1v) is 5.71. The number of nitrogens with two attached hydrogens (primary N) is 1. The Morgan fingerprint density at radius 2 is 2.07 bits per heavy atom. The lowest BCUT2D eigenvalue weighted by Gasteiger charge is -2.13. The van der Waals surface area contributed by atoms with Gasteiger partial charge in [-0.05, 0) is 36.5 Å². The molecule has 0 aliphatic rings. The molecular weight excluding hydrogens is 186 g/mol. The van der Waals surface area contributed by atoms with Gasteiger partial charge >= 0.3 is 0 Å². The van der Waals surface area contributed by atoms with E-state index < -0.39 is 0 Å². The molecule has 2 heteroatoms. The Morgan fingerprint density at radius 1 is 1.33 bits per heavy atom. The average molecular weight is 207 g/mol. The van der Waals surface area contributed by atoms with E-state index >= 15 is 0 Å². The van der Waals surface area contributed by atoms with Crippen LogP contribution in [0.4, 0.5) is 5.69 Å². The summed E-state index contributed by atoms with van der Waals surface area (Å²) in [6.45, 7) is 7.21. The number of rotatable bonds is 5. The van der Waals surface area contributed by atoms with Crippen LogP contribution >= 0.6 is 0 Å². The van der Waals surface area contributed by atoms with Crippen molar-refractivity contribution < 1.29 is 4.74 Å². The van der Waals surface area contributed by atoms with Gasteiger partial charge in [0.05, 0.1) is 12.3 Å². The fourth-order valence-electron chi connectivity index (χ4n) is 1.45. The van der Waals surface area contributed by atoms with Crippen LogP contribution in [0.25, 0.3) is 0 Å². The van der Waals surface area contributed by atoms with E-state index in [4.69, 9.17) is 10.5 Å². The normalized spacial score (nSPS) is 12.5. The Bertz CT molecular complexity index is 309. The van der Waals surface area contributed by atoms with E-state index in [9.17, 15) is 0 Å². The van der Waals surface area contributed by atoms with Crippen molar-refractivity contribution in [2.45, 2.75) is 39.5 Å². The molecule has 0 radical (unpaired) electrons. The van der Waals surface area contributed by atoms with Crippen molar-refractivity contribution in [3.05, 3.63) is 23.8 Å². The smallest absolute Gasteiger partial charge is 0.142 e. The molecule has 1 atom stereocenters. The monoisotopic (exact) mass is 207 g/mol. The van der Waals surface area contributed by atoms with Crippen molar-refractivity contribution in [2.75, 3.05) is 12.3 Å². The first-order chi connectivity index (χ1) is 7.19. The van der Waals surface area contributed by atoms with Gasteiger partial charge in [-0.1, -0.05) is 26.8 Å². The quantitative estimate of drug-likeness (QED) is 0.749. The molecule has 0 aliphatic carbocycles. The highest BCUT2D eigenvalue weighted by Crippen LogP contribution is 2.27. The van der Waals surface area contributed by atoms with E-state index in [2.05, 4.69) is 26.8 Å². The first-order valence-electron chi connectivity index (χ1n) is 5.71. The summed E-state index contributed by atoms with van der Waals surface area (Å²) in [6.07, 6.45) is 2.14. The topological polar surface area (TPSA) is 35.2 Å². The molecule has 0 bridgehead atoms. The molecular formula is C13H21NO. The maximum atomic E-state index is 5.93. The van der Waals surface area contributed by atoms with Crippen molar-refractivity contribution in [3.63, 3.8) is 0 Å². The minimum Gasteiger partial charge on any atom is -0.491 e. The second-order valence-electron chi connectivity index (χ2n) is 3.96. The summed E-state index contributed by atoms with van der Waals surface area (Å²) in [6, 6.07) is 6.11. The summed E-state index contributed by atoms with van der Waals surface area (Å²) in [5.74, 6) is 1.37. The van der Waals surface area contributed by atoms with Gasteiger partial charge in [-0.15, -0.1) is 0 Å². The van der Waals surface area contributed by atoms with Crippen LogP contribution in [-0.4, -0.2) is 6.61 Å². The predicted octanol–water partition coefficient (Wildman–Crippen LogP) is 3.57. The molecule has 0 saturated heterocycles. The van der Waals surface area contributed by atoms with Crippen molar-refractivity contribution in [3.8, 4) is 5.75 Å². The molecule has 1 aromatic carbocycles. The number of hydrogen-bond donors (Lipinski definition) is 1. The van der Waals surface area contributed by atoms with Crippen molar-refractivity contribution in [1.29, 1.82) is 0 Å². The molecule has 0 aliphatic heterocycles. The molecule has 1 unspecified atom stereocenters. The molecule has 1 aromatic rings. The third kappa shape index (κ3) is 3.15. The third-order valence-corrected chi connectivity index (χ3v) is 2.68. The van der Waals surface area contributed by atoms with Crippen LogP contribution in [0.2, 0.25) is 0 Å². The second kappa shape index (κ2) is 5.64. The molecule has 0 heterocycles. The Kier molecular flexibility index (Phi) is 4.47. The molecule has 0 fully saturated rings. The lowest BCUT2D eigenvalue weighted by molar-refractivity contribution is 0.319. The van der Waals surface area contributed by atoms with Gasteiger partial charge in [0, 0.05) is 0 Å². The number of hydrogen-bond acceptors (Lipinski definition) is 2. The van der Waals surface area contributed by atoms with Crippen molar-refractivity contribution in [1.82, 2.24) is 0 Å². The molecule has 0 aromatic heterocycles. The van der Waals surface area contributed by atoms with Gasteiger partial charge in [-0.3, -0.25) is 0 Å². The summed E-state index contributed by atoms with van der Waals surface area (Å²) < 4.78 is 5.53. The van der Waals surface area contributed by atoms with E-state index in [1.54, 1.807) is 0 Å². The molecule has 2 N–H and O–H groups in total. The van der Waals surface area contributed by atoms with Gasteiger partial charge < -0.3 is 10.5 Å². The highest BCUT2D eigenvalue weighted by Gasteiger charge is 2.06. The molecule has 1 rings (SSSR count). The van der Waals surface area contributed by atoms with Gasteiger partial charge in [0.2, 0.25) is 0 Å². The van der Waals surface area contributed by atoms with Crippen LogP contribution in [0.1, 0.15) is 45.1 Å². The highest BCUT2D eigenvalue weighted by atomic mass is 16.5. The minimum atomic E-state index is 0.563. The zero-order valence-electron chi connectivity index (χ0n) is 9.92. The molecule has 84 valence electrons. The highest BCUT2D eigenvalue weighted by molar-refractivity contribution is 5.54. The van der Waals surface area contributed by atoms with Crippen LogP contribution in [0.3, 0.4) is 0 Å². The molecule has 0 spiro atoms. The van der Waals surface area contributed by atoms with Crippen molar-refractivity contribution >= 4 is 5.69 Å². The lowest BCUT2D eigenvalue weighted by Crippen LogP contribution is -2.00. The van der Waals surface area contributed by atoms with Crippen LogP contribution < -0.4 is 10.5 Å². The first kappa shape index (κ1) is 11.9. The average Bonchev–Trinajstić information content (AvgIpc) is 2.26. The van der Waals surface area contributed by atoms with Crippen LogP contribution in [0.5, 0.6) is 5.75 Å². The minimum absolute atomic E-state index is 0.563. The predicted molar refractivity (Wildman–Crippen MR) is 65.3 cm³/mol. The van der Waals surface area contributed by atoms with E-state index in [-0.39, 0.29) is 0 Å². The zero-order valence-corrected chi connectivity index (χ0v) is 9.92. The summed E-state index contributed by atoms with van der Waals surface area (Å²) in [7, 11) is 0. The SMILES string of the molecule is CCCOc1ccc(C(C)CC)cc1N. The van der Waals surface area contributed by atoms with Crippen LogP contribution in [0.15, 0.2) is 18.2 Å². The van der Waals surface area contributed by atoms with E-state index in [1.165, 1.54) is 5.56 Å².